The Balaban J connectivity index is 1.98. The van der Waals surface area contributed by atoms with Crippen molar-refractivity contribution in [3.8, 4) is 0 Å². The van der Waals surface area contributed by atoms with Crippen LogP contribution in [-0.2, 0) is 6.42 Å². The van der Waals surface area contributed by atoms with Crippen LogP contribution in [0.5, 0.6) is 0 Å². The van der Waals surface area contributed by atoms with Crippen molar-refractivity contribution in [1.29, 1.82) is 0 Å². The minimum atomic E-state index is 0.642. The van der Waals surface area contributed by atoms with E-state index in [1.165, 1.54) is 15.1 Å². The van der Waals surface area contributed by atoms with Gasteiger partial charge in [-0.15, -0.1) is 11.3 Å². The van der Waals surface area contributed by atoms with Crippen LogP contribution in [0, 0.1) is 0 Å². The Labute approximate surface area is 101 Å². The Hall–Kier alpha value is -1.39. The van der Waals surface area contributed by atoms with Gasteiger partial charge in [0.1, 0.15) is 0 Å². The Morgan fingerprint density at radius 3 is 3.00 bits per heavy atom. The van der Waals surface area contributed by atoms with E-state index < -0.39 is 0 Å². The fourth-order valence-electron chi connectivity index (χ4n) is 1.71. The third-order valence-corrected chi connectivity index (χ3v) is 4.15. The molecule has 2 nitrogen and oxygen atoms in total. The van der Waals surface area contributed by atoms with Gasteiger partial charge in [-0.25, -0.2) is 4.98 Å². The molecule has 16 heavy (non-hydrogen) atoms. The summed E-state index contributed by atoms with van der Waals surface area (Å²) < 4.78 is 1.17. The summed E-state index contributed by atoms with van der Waals surface area (Å²) >= 11 is 3.34. The Morgan fingerprint density at radius 1 is 1.25 bits per heavy atom. The number of thiazole rings is 1. The summed E-state index contributed by atoms with van der Waals surface area (Å²) in [5.41, 5.74) is 8.00. The van der Waals surface area contributed by atoms with Crippen molar-refractivity contribution in [1.82, 2.24) is 4.98 Å². The van der Waals surface area contributed by atoms with Crippen LogP contribution in [0.4, 0.5) is 5.13 Å². The molecule has 4 heteroatoms. The highest BCUT2D eigenvalue weighted by atomic mass is 32.1. The van der Waals surface area contributed by atoms with Crippen molar-refractivity contribution in [2.45, 2.75) is 6.42 Å². The van der Waals surface area contributed by atoms with Crippen LogP contribution in [-0.4, -0.2) is 4.98 Å². The van der Waals surface area contributed by atoms with Crippen LogP contribution in [0.15, 0.2) is 35.7 Å². The van der Waals surface area contributed by atoms with E-state index in [1.54, 1.807) is 22.7 Å². The number of thiophene rings is 1. The topological polar surface area (TPSA) is 38.9 Å². The number of aromatic nitrogens is 1. The summed E-state index contributed by atoms with van der Waals surface area (Å²) in [6.07, 6.45) is 0.991. The van der Waals surface area contributed by atoms with Gasteiger partial charge in [-0.1, -0.05) is 23.5 Å². The first-order valence-corrected chi connectivity index (χ1v) is 6.68. The van der Waals surface area contributed by atoms with E-state index in [1.807, 2.05) is 6.07 Å². The van der Waals surface area contributed by atoms with Crippen molar-refractivity contribution < 1.29 is 0 Å². The fourth-order valence-corrected chi connectivity index (χ4v) is 3.25. The lowest BCUT2D eigenvalue weighted by Gasteiger charge is -1.98. The zero-order valence-electron chi connectivity index (χ0n) is 8.51. The molecule has 0 aliphatic heterocycles. The minimum absolute atomic E-state index is 0.642. The van der Waals surface area contributed by atoms with Crippen LogP contribution in [0.3, 0.4) is 0 Å². The molecule has 0 fully saturated rings. The zero-order valence-corrected chi connectivity index (χ0v) is 10.1. The van der Waals surface area contributed by atoms with Crippen LogP contribution < -0.4 is 5.73 Å². The Bertz CT molecular complexity index is 611. The highest BCUT2D eigenvalue weighted by Crippen LogP contribution is 2.26. The van der Waals surface area contributed by atoms with E-state index in [-0.39, 0.29) is 0 Å². The van der Waals surface area contributed by atoms with Crippen LogP contribution in [0.1, 0.15) is 10.4 Å². The second-order valence-corrected chi connectivity index (χ2v) is 5.70. The molecule has 0 bridgehead atoms. The van der Waals surface area contributed by atoms with Gasteiger partial charge >= 0.3 is 0 Å². The normalized spacial score (nSPS) is 11.0. The summed E-state index contributed by atoms with van der Waals surface area (Å²) in [6.45, 7) is 0. The molecule has 2 aromatic heterocycles. The first kappa shape index (κ1) is 9.81. The number of fused-ring (bicyclic) bond motifs is 1. The molecule has 2 heterocycles. The number of rotatable bonds is 2. The van der Waals surface area contributed by atoms with Crippen molar-refractivity contribution in [2.75, 3.05) is 5.73 Å². The van der Waals surface area contributed by atoms with Gasteiger partial charge in [0.25, 0.3) is 0 Å². The number of benzene rings is 1. The Kier molecular flexibility index (Phi) is 2.38. The van der Waals surface area contributed by atoms with E-state index in [2.05, 4.69) is 34.6 Å². The average Bonchev–Trinajstić information content (AvgIpc) is 2.85. The van der Waals surface area contributed by atoms with E-state index in [0.29, 0.717) is 5.13 Å². The number of hydrogen-bond donors (Lipinski definition) is 1. The third-order valence-electron chi connectivity index (χ3n) is 2.43. The summed E-state index contributed by atoms with van der Waals surface area (Å²) in [7, 11) is 0. The summed E-state index contributed by atoms with van der Waals surface area (Å²) in [4.78, 5) is 5.64. The van der Waals surface area contributed by atoms with Gasteiger partial charge in [-0.2, -0.15) is 0 Å². The standard InChI is InChI=1S/C12H10N2S2/c13-12-14-10-4-3-8(7-11(10)16-12)6-9-2-1-5-15-9/h1-5,7H,6H2,(H2,13,14). The van der Waals surface area contributed by atoms with Gasteiger partial charge in [0.2, 0.25) is 0 Å². The predicted molar refractivity (Wildman–Crippen MR) is 71.2 cm³/mol. The largest absolute Gasteiger partial charge is 0.375 e. The van der Waals surface area contributed by atoms with E-state index in [9.17, 15) is 0 Å². The van der Waals surface area contributed by atoms with Gasteiger partial charge in [0.15, 0.2) is 5.13 Å². The number of nitrogens with zero attached hydrogens (tertiary/aromatic N) is 1. The highest BCUT2D eigenvalue weighted by molar-refractivity contribution is 7.22. The Morgan fingerprint density at radius 2 is 2.19 bits per heavy atom. The van der Waals surface area contributed by atoms with E-state index in [4.69, 9.17) is 5.73 Å². The molecule has 0 saturated carbocycles. The first-order valence-electron chi connectivity index (χ1n) is 4.98. The molecular formula is C12H10N2S2. The second-order valence-electron chi connectivity index (χ2n) is 3.61. The lowest BCUT2D eigenvalue weighted by molar-refractivity contribution is 1.25. The highest BCUT2D eigenvalue weighted by Gasteiger charge is 2.03. The minimum Gasteiger partial charge on any atom is -0.375 e. The summed E-state index contributed by atoms with van der Waals surface area (Å²) in [6, 6.07) is 10.6. The average molecular weight is 246 g/mol. The predicted octanol–water partition coefficient (Wildman–Crippen LogP) is 3.53. The number of nitrogen functional groups attached to an aromatic ring is 1. The lowest BCUT2D eigenvalue weighted by Crippen LogP contribution is -1.83. The summed E-state index contributed by atoms with van der Waals surface area (Å²) in [5, 5.41) is 2.75. The summed E-state index contributed by atoms with van der Waals surface area (Å²) in [5.74, 6) is 0. The monoisotopic (exact) mass is 246 g/mol. The smallest absolute Gasteiger partial charge is 0.181 e. The third kappa shape index (κ3) is 1.81. The van der Waals surface area contributed by atoms with Gasteiger partial charge < -0.3 is 5.73 Å². The molecular weight excluding hydrogens is 236 g/mol. The molecule has 3 aromatic rings. The molecule has 0 spiro atoms. The quantitative estimate of drug-likeness (QED) is 0.751. The maximum atomic E-state index is 5.69. The van der Waals surface area contributed by atoms with Crippen molar-refractivity contribution in [3.05, 3.63) is 46.2 Å². The molecule has 0 atom stereocenters. The maximum absolute atomic E-state index is 5.69. The number of nitrogens with two attached hydrogens (primary N) is 1. The molecule has 1 aromatic carbocycles. The van der Waals surface area contributed by atoms with Crippen molar-refractivity contribution >= 4 is 38.0 Å². The lowest BCUT2D eigenvalue weighted by atomic mass is 10.1. The molecule has 2 N–H and O–H groups in total. The van der Waals surface area contributed by atoms with E-state index in [0.717, 1.165) is 11.9 Å². The first-order chi connectivity index (χ1) is 7.81. The molecule has 0 amide bonds. The maximum Gasteiger partial charge on any atom is 0.181 e. The van der Waals surface area contributed by atoms with Gasteiger partial charge in [0, 0.05) is 11.3 Å². The van der Waals surface area contributed by atoms with Crippen LogP contribution in [0.25, 0.3) is 10.2 Å². The van der Waals surface area contributed by atoms with Crippen molar-refractivity contribution in [2.24, 2.45) is 0 Å². The molecule has 0 saturated heterocycles. The number of anilines is 1. The van der Waals surface area contributed by atoms with Crippen molar-refractivity contribution in [3.63, 3.8) is 0 Å². The van der Waals surface area contributed by atoms with Gasteiger partial charge in [-0.3, -0.25) is 0 Å². The zero-order chi connectivity index (χ0) is 11.0. The molecule has 3 rings (SSSR count). The van der Waals surface area contributed by atoms with Crippen LogP contribution >= 0.6 is 22.7 Å². The second kappa shape index (κ2) is 3.88. The molecule has 0 unspecified atom stereocenters. The molecule has 0 aliphatic carbocycles. The van der Waals surface area contributed by atoms with Gasteiger partial charge in [0.05, 0.1) is 10.2 Å². The molecule has 0 aliphatic rings. The van der Waals surface area contributed by atoms with Crippen LogP contribution in [0.2, 0.25) is 0 Å². The van der Waals surface area contributed by atoms with Gasteiger partial charge in [-0.05, 0) is 29.1 Å². The molecule has 0 radical (unpaired) electrons. The van der Waals surface area contributed by atoms with E-state index >= 15 is 0 Å². The fraction of sp³-hybridized carbons (Fsp3) is 0.0833. The SMILES string of the molecule is Nc1nc2ccc(Cc3cccs3)cc2s1. The number of hydrogen-bond acceptors (Lipinski definition) is 4. The molecule has 80 valence electrons.